The molecule has 21 heavy (non-hydrogen) atoms. The first kappa shape index (κ1) is 24.0. The van der Waals surface area contributed by atoms with Crippen molar-refractivity contribution >= 4 is 8.80 Å². The number of hydrogen-bond acceptors (Lipinski definition) is 3. The molecule has 0 N–H and O–H groups in total. The fourth-order valence-corrected chi connectivity index (χ4v) is 4.98. The molecule has 0 amide bonds. The lowest BCUT2D eigenvalue weighted by Crippen LogP contribution is -3.00. The summed E-state index contributed by atoms with van der Waals surface area (Å²) < 4.78 is 17.8. The molecule has 0 aliphatic carbocycles. The summed E-state index contributed by atoms with van der Waals surface area (Å²) in [6.07, 6.45) is 4.87. The Kier molecular flexibility index (Phi) is 15.2. The minimum atomic E-state index is -2.40. The van der Waals surface area contributed by atoms with Crippen molar-refractivity contribution in [3.63, 3.8) is 0 Å². The van der Waals surface area contributed by atoms with Crippen LogP contribution in [0.15, 0.2) is 0 Å². The molecule has 0 heterocycles. The van der Waals surface area contributed by atoms with Gasteiger partial charge in [0, 0.05) is 33.8 Å². The standard InChI is InChI=1S/C15H36NO3Si.HI/c1-7-11-16(12-8-2,13-9-3)14-10-15-20(17-4,18-5)19-6;/h7-15H2,1-6H3;1H/q+1;/p-1. The minimum absolute atomic E-state index is 0. The lowest BCUT2D eigenvalue weighted by atomic mass is 10.2. The van der Waals surface area contributed by atoms with Crippen LogP contribution in [0.3, 0.4) is 0 Å². The fraction of sp³-hybridized carbons (Fsp3) is 1.00. The molecule has 0 aromatic rings. The molecule has 0 aliphatic rings. The van der Waals surface area contributed by atoms with Crippen LogP contribution in [0.2, 0.25) is 6.04 Å². The van der Waals surface area contributed by atoms with Crippen molar-refractivity contribution in [3.05, 3.63) is 0 Å². The Hall–Kier alpha value is 0.787. The Balaban J connectivity index is 0. The van der Waals surface area contributed by atoms with Crippen LogP contribution in [0.4, 0.5) is 0 Å². The molecule has 0 radical (unpaired) electrons. The first-order valence-corrected chi connectivity index (χ1v) is 10.0. The van der Waals surface area contributed by atoms with Gasteiger partial charge in [-0.05, 0) is 19.3 Å². The van der Waals surface area contributed by atoms with Gasteiger partial charge in [0.2, 0.25) is 0 Å². The average Bonchev–Trinajstić information content (AvgIpc) is 2.45. The molecule has 6 heteroatoms. The summed E-state index contributed by atoms with van der Waals surface area (Å²) in [5.41, 5.74) is 0. The molecule has 0 spiro atoms. The molecule has 4 nitrogen and oxygen atoms in total. The second-order valence-corrected chi connectivity index (χ2v) is 8.73. The highest BCUT2D eigenvalue weighted by molar-refractivity contribution is 6.60. The molecule has 0 fully saturated rings. The van der Waals surface area contributed by atoms with Crippen molar-refractivity contribution in [2.24, 2.45) is 0 Å². The summed E-state index contributed by atoms with van der Waals surface area (Å²) >= 11 is 0. The van der Waals surface area contributed by atoms with Crippen molar-refractivity contribution in [2.75, 3.05) is 47.5 Å². The Morgan fingerprint density at radius 3 is 1.38 bits per heavy atom. The van der Waals surface area contributed by atoms with Crippen LogP contribution in [-0.2, 0) is 13.3 Å². The van der Waals surface area contributed by atoms with E-state index in [1.165, 1.54) is 49.9 Å². The third-order valence-corrected chi connectivity index (χ3v) is 6.97. The van der Waals surface area contributed by atoms with Crippen LogP contribution in [0.5, 0.6) is 0 Å². The van der Waals surface area contributed by atoms with E-state index >= 15 is 0 Å². The predicted octanol–water partition coefficient (Wildman–Crippen LogP) is 0.305. The molecule has 0 bridgehead atoms. The first-order chi connectivity index (χ1) is 9.57. The topological polar surface area (TPSA) is 27.7 Å². The SMILES string of the molecule is CCC[N+](CCC)(CCC)CCC[Si](OC)(OC)OC.[I-]. The van der Waals surface area contributed by atoms with Gasteiger partial charge in [0.15, 0.2) is 0 Å². The van der Waals surface area contributed by atoms with Gasteiger partial charge in [-0.3, -0.25) is 0 Å². The number of hydrogen-bond donors (Lipinski definition) is 0. The van der Waals surface area contributed by atoms with E-state index < -0.39 is 8.80 Å². The van der Waals surface area contributed by atoms with E-state index in [0.717, 1.165) is 12.5 Å². The molecule has 0 atom stereocenters. The summed E-state index contributed by atoms with van der Waals surface area (Å²) in [5.74, 6) is 0. The van der Waals surface area contributed by atoms with Gasteiger partial charge in [-0.2, -0.15) is 0 Å². The summed E-state index contributed by atoms with van der Waals surface area (Å²) in [6.45, 7) is 11.9. The second kappa shape index (κ2) is 13.2. The molecule has 0 saturated carbocycles. The normalized spacial score (nSPS) is 12.3. The van der Waals surface area contributed by atoms with E-state index in [2.05, 4.69) is 20.8 Å². The molecule has 0 saturated heterocycles. The molecule has 0 rings (SSSR count). The van der Waals surface area contributed by atoms with Gasteiger partial charge in [-0.15, -0.1) is 0 Å². The van der Waals surface area contributed by atoms with Crippen LogP contribution >= 0.6 is 0 Å². The zero-order valence-corrected chi connectivity index (χ0v) is 18.1. The minimum Gasteiger partial charge on any atom is -1.00 e. The number of nitrogens with zero attached hydrogens (tertiary/aromatic N) is 1. The van der Waals surface area contributed by atoms with Gasteiger partial charge in [-0.1, -0.05) is 20.8 Å². The highest BCUT2D eigenvalue weighted by Crippen LogP contribution is 2.19. The predicted molar refractivity (Wildman–Crippen MR) is 86.8 cm³/mol. The van der Waals surface area contributed by atoms with Crippen LogP contribution in [0.25, 0.3) is 0 Å². The van der Waals surface area contributed by atoms with E-state index in [-0.39, 0.29) is 24.0 Å². The molecular formula is C15H36INO3Si. The molecular weight excluding hydrogens is 397 g/mol. The highest BCUT2D eigenvalue weighted by atomic mass is 127. The highest BCUT2D eigenvalue weighted by Gasteiger charge is 2.38. The van der Waals surface area contributed by atoms with Crippen LogP contribution in [0, 0.1) is 0 Å². The largest absolute Gasteiger partial charge is 1.00 e. The van der Waals surface area contributed by atoms with Gasteiger partial charge in [0.1, 0.15) is 0 Å². The van der Waals surface area contributed by atoms with E-state index in [9.17, 15) is 0 Å². The van der Waals surface area contributed by atoms with Gasteiger partial charge in [-0.25, -0.2) is 0 Å². The quantitative estimate of drug-likeness (QED) is 0.238. The Morgan fingerprint density at radius 1 is 0.714 bits per heavy atom. The summed E-state index contributed by atoms with van der Waals surface area (Å²) in [7, 11) is 2.70. The number of halogens is 1. The lowest BCUT2D eigenvalue weighted by Gasteiger charge is -2.39. The Bertz CT molecular complexity index is 216. The molecule has 0 aromatic carbocycles. The summed E-state index contributed by atoms with van der Waals surface area (Å²) in [6, 6.07) is 0.910. The van der Waals surface area contributed by atoms with E-state index in [4.69, 9.17) is 13.3 Å². The van der Waals surface area contributed by atoms with Crippen LogP contribution in [-0.4, -0.2) is 60.8 Å². The summed E-state index contributed by atoms with van der Waals surface area (Å²) in [4.78, 5) is 0. The maximum Gasteiger partial charge on any atom is 0.500 e. The first-order valence-electron chi connectivity index (χ1n) is 8.08. The van der Waals surface area contributed by atoms with Gasteiger partial charge >= 0.3 is 8.80 Å². The van der Waals surface area contributed by atoms with Gasteiger partial charge in [0.25, 0.3) is 0 Å². The molecule has 130 valence electrons. The maximum absolute atomic E-state index is 5.52. The third-order valence-electron chi connectivity index (χ3n) is 4.14. The van der Waals surface area contributed by atoms with Crippen molar-refractivity contribution in [1.82, 2.24) is 0 Å². The van der Waals surface area contributed by atoms with Gasteiger partial charge in [0.05, 0.1) is 26.2 Å². The zero-order chi connectivity index (χ0) is 15.5. The Labute approximate surface area is 150 Å². The van der Waals surface area contributed by atoms with E-state index in [1.807, 2.05) is 0 Å². The number of rotatable bonds is 13. The third kappa shape index (κ3) is 8.27. The lowest BCUT2D eigenvalue weighted by molar-refractivity contribution is -0.928. The van der Waals surface area contributed by atoms with Gasteiger partial charge < -0.3 is 41.7 Å². The van der Waals surface area contributed by atoms with Crippen molar-refractivity contribution in [3.8, 4) is 0 Å². The van der Waals surface area contributed by atoms with Crippen LogP contribution < -0.4 is 24.0 Å². The fourth-order valence-electron chi connectivity index (χ4n) is 3.28. The smallest absolute Gasteiger partial charge is 0.500 e. The monoisotopic (exact) mass is 433 g/mol. The summed E-state index contributed by atoms with van der Waals surface area (Å²) in [5, 5.41) is 0. The van der Waals surface area contributed by atoms with Crippen LogP contribution in [0.1, 0.15) is 46.5 Å². The second-order valence-electron chi connectivity index (χ2n) is 5.64. The average molecular weight is 433 g/mol. The zero-order valence-electron chi connectivity index (χ0n) is 14.9. The maximum atomic E-state index is 5.52. The van der Waals surface area contributed by atoms with Crippen molar-refractivity contribution in [2.45, 2.75) is 52.5 Å². The molecule has 0 unspecified atom stereocenters. The molecule has 0 aromatic heterocycles. The van der Waals surface area contributed by atoms with Crippen molar-refractivity contribution in [1.29, 1.82) is 0 Å². The number of quaternary nitrogens is 1. The van der Waals surface area contributed by atoms with E-state index in [1.54, 1.807) is 21.3 Å². The molecule has 0 aliphatic heterocycles. The van der Waals surface area contributed by atoms with E-state index in [0.29, 0.717) is 0 Å². The Morgan fingerprint density at radius 2 is 1.10 bits per heavy atom. The van der Waals surface area contributed by atoms with Crippen molar-refractivity contribution < 1.29 is 41.7 Å².